The van der Waals surface area contributed by atoms with Gasteiger partial charge in [0.2, 0.25) is 0 Å². The molecule has 1 unspecified atom stereocenters. The minimum Gasteiger partial charge on any atom is -0.475 e. The highest BCUT2D eigenvalue weighted by Crippen LogP contribution is 2.23. The minimum absolute atomic E-state index is 0.0592. The van der Waals surface area contributed by atoms with E-state index in [2.05, 4.69) is 10.5 Å². The van der Waals surface area contributed by atoms with Crippen molar-refractivity contribution in [3.63, 3.8) is 0 Å². The molecule has 2 aromatic carbocycles. The van der Waals surface area contributed by atoms with Crippen LogP contribution in [0, 0.1) is 0 Å². The van der Waals surface area contributed by atoms with Crippen LogP contribution >= 0.6 is 0 Å². The molecule has 0 saturated heterocycles. The molecule has 27 heavy (non-hydrogen) atoms. The Kier molecular flexibility index (Phi) is 5.41. The maximum Gasteiger partial charge on any atom is 0.374 e. The summed E-state index contributed by atoms with van der Waals surface area (Å²) in [5.41, 5.74) is 1.49. The fourth-order valence-electron chi connectivity index (χ4n) is 2.64. The van der Waals surface area contributed by atoms with E-state index < -0.39 is 23.7 Å². The molecule has 0 fully saturated rings. The van der Waals surface area contributed by atoms with E-state index in [-0.39, 0.29) is 17.7 Å². The molecule has 3 rings (SSSR count). The van der Waals surface area contributed by atoms with Crippen molar-refractivity contribution in [2.24, 2.45) is 0 Å². The van der Waals surface area contributed by atoms with E-state index in [0.717, 1.165) is 5.56 Å². The molecule has 0 spiro atoms. The van der Waals surface area contributed by atoms with Crippen molar-refractivity contribution in [1.82, 2.24) is 10.5 Å². The van der Waals surface area contributed by atoms with Crippen molar-refractivity contribution in [2.75, 3.05) is 0 Å². The highest BCUT2D eigenvalue weighted by atomic mass is 16.5. The number of nitrogens with one attached hydrogen (secondary N) is 1. The zero-order valence-electron chi connectivity index (χ0n) is 14.2. The van der Waals surface area contributed by atoms with Gasteiger partial charge >= 0.3 is 5.97 Å². The first-order valence-corrected chi connectivity index (χ1v) is 8.18. The number of carboxylic acid groups (broad SMARTS) is 1. The van der Waals surface area contributed by atoms with E-state index in [4.69, 9.17) is 9.63 Å². The number of Topliss-reactive ketones (excluding diaryl/α,β-unsaturated/α-hetero) is 1. The zero-order chi connectivity index (χ0) is 19.2. The summed E-state index contributed by atoms with van der Waals surface area (Å²) in [7, 11) is 0. The molecule has 136 valence electrons. The van der Waals surface area contributed by atoms with Gasteiger partial charge in [0.05, 0.1) is 6.20 Å². The summed E-state index contributed by atoms with van der Waals surface area (Å²) in [5, 5.41) is 15.2. The fourth-order valence-corrected chi connectivity index (χ4v) is 2.64. The molecule has 0 saturated carbocycles. The number of aromatic nitrogens is 1. The summed E-state index contributed by atoms with van der Waals surface area (Å²) < 4.78 is 5.17. The van der Waals surface area contributed by atoms with Crippen LogP contribution in [-0.4, -0.2) is 34.0 Å². The summed E-state index contributed by atoms with van der Waals surface area (Å²) in [4.78, 5) is 35.9. The lowest BCUT2D eigenvalue weighted by atomic mass is 10.0. The normalized spacial score (nSPS) is 11.6. The van der Waals surface area contributed by atoms with Crippen LogP contribution < -0.4 is 5.32 Å². The van der Waals surface area contributed by atoms with Crippen molar-refractivity contribution < 1.29 is 24.0 Å². The Morgan fingerprint density at radius 1 is 1.00 bits per heavy atom. The molecule has 1 aromatic heterocycles. The number of nitrogens with zero attached hydrogens (tertiary/aromatic N) is 1. The topological polar surface area (TPSA) is 110 Å². The lowest BCUT2D eigenvalue weighted by molar-refractivity contribution is -0.149. The van der Waals surface area contributed by atoms with Gasteiger partial charge in [-0.25, -0.2) is 4.79 Å². The predicted molar refractivity (Wildman–Crippen MR) is 96.0 cm³/mol. The Labute approximate surface area is 154 Å². The molecule has 1 amide bonds. The maximum atomic E-state index is 12.7. The monoisotopic (exact) mass is 364 g/mol. The number of carbonyl (C=O) groups is 3. The molecule has 3 aromatic rings. The second-order valence-electron chi connectivity index (χ2n) is 5.82. The predicted octanol–water partition coefficient (Wildman–Crippen LogP) is 2.34. The largest absolute Gasteiger partial charge is 0.475 e. The Morgan fingerprint density at radius 2 is 1.63 bits per heavy atom. The number of aliphatic carboxylic acids is 1. The van der Waals surface area contributed by atoms with Gasteiger partial charge in [0.25, 0.3) is 11.7 Å². The molecule has 1 heterocycles. The number of hydrogen-bond acceptors (Lipinski definition) is 5. The quantitative estimate of drug-likeness (QED) is 0.623. The van der Waals surface area contributed by atoms with Crippen LogP contribution in [-0.2, 0) is 16.0 Å². The fraction of sp³-hybridized carbons (Fsp3) is 0.100. The van der Waals surface area contributed by atoms with Gasteiger partial charge in [-0.3, -0.25) is 9.59 Å². The summed E-state index contributed by atoms with van der Waals surface area (Å²) in [6.45, 7) is 0. The van der Waals surface area contributed by atoms with Gasteiger partial charge in [-0.15, -0.1) is 0 Å². The van der Waals surface area contributed by atoms with Gasteiger partial charge in [-0.1, -0.05) is 65.8 Å². The standard InChI is InChI=1S/C20H16N2O5/c23-17(20(25)26)16(11-13-7-3-1-4-8-13)22-19(24)15-12-21-27-18(15)14-9-5-2-6-10-14/h1-10,12,16H,11H2,(H,22,24)(H,25,26). The lowest BCUT2D eigenvalue weighted by Gasteiger charge is -2.15. The average molecular weight is 364 g/mol. The first-order chi connectivity index (χ1) is 13.1. The van der Waals surface area contributed by atoms with Gasteiger partial charge in [-0.05, 0) is 5.56 Å². The van der Waals surface area contributed by atoms with Gasteiger partial charge in [0.15, 0.2) is 5.76 Å². The molecule has 0 aliphatic carbocycles. The van der Waals surface area contributed by atoms with Crippen molar-refractivity contribution in [3.8, 4) is 11.3 Å². The number of ketones is 1. The van der Waals surface area contributed by atoms with Crippen LogP contribution in [0.5, 0.6) is 0 Å². The molecule has 1 atom stereocenters. The summed E-state index contributed by atoms with van der Waals surface area (Å²) in [5.74, 6) is -3.09. The third kappa shape index (κ3) is 4.27. The van der Waals surface area contributed by atoms with E-state index in [1.165, 1.54) is 6.20 Å². The maximum absolute atomic E-state index is 12.7. The summed E-state index contributed by atoms with van der Waals surface area (Å²) >= 11 is 0. The Balaban J connectivity index is 1.84. The highest BCUT2D eigenvalue weighted by molar-refractivity contribution is 6.35. The minimum atomic E-state index is -1.61. The van der Waals surface area contributed by atoms with Gasteiger partial charge < -0.3 is 14.9 Å². The Morgan fingerprint density at radius 3 is 2.26 bits per heavy atom. The van der Waals surface area contributed by atoms with Gasteiger partial charge in [0, 0.05) is 12.0 Å². The van der Waals surface area contributed by atoms with Crippen LogP contribution in [0.25, 0.3) is 11.3 Å². The molecular weight excluding hydrogens is 348 g/mol. The number of rotatable bonds is 7. The average Bonchev–Trinajstić information content (AvgIpc) is 3.18. The zero-order valence-corrected chi connectivity index (χ0v) is 14.2. The molecular formula is C20H16N2O5. The van der Waals surface area contributed by atoms with Gasteiger partial charge in [-0.2, -0.15) is 0 Å². The van der Waals surface area contributed by atoms with Crippen LogP contribution in [0.3, 0.4) is 0 Å². The third-order valence-corrected chi connectivity index (χ3v) is 3.97. The van der Waals surface area contributed by atoms with E-state index in [1.807, 2.05) is 6.07 Å². The Hall–Kier alpha value is -3.74. The molecule has 0 aliphatic heterocycles. The van der Waals surface area contributed by atoms with Gasteiger partial charge in [0.1, 0.15) is 11.6 Å². The molecule has 0 radical (unpaired) electrons. The number of benzene rings is 2. The van der Waals surface area contributed by atoms with Crippen LogP contribution in [0.2, 0.25) is 0 Å². The number of amides is 1. The van der Waals surface area contributed by atoms with Crippen molar-refractivity contribution in [2.45, 2.75) is 12.5 Å². The van der Waals surface area contributed by atoms with E-state index in [0.29, 0.717) is 5.56 Å². The van der Waals surface area contributed by atoms with Crippen molar-refractivity contribution in [3.05, 3.63) is 78.0 Å². The number of carboxylic acids is 1. The SMILES string of the molecule is O=C(O)C(=O)C(Cc1ccccc1)NC(=O)c1cnoc1-c1ccccc1. The second-order valence-corrected chi connectivity index (χ2v) is 5.82. The smallest absolute Gasteiger partial charge is 0.374 e. The van der Waals surface area contributed by atoms with E-state index >= 15 is 0 Å². The van der Waals surface area contributed by atoms with Crippen molar-refractivity contribution in [1.29, 1.82) is 0 Å². The number of carbonyl (C=O) groups excluding carboxylic acids is 2. The first-order valence-electron chi connectivity index (χ1n) is 8.18. The molecule has 7 nitrogen and oxygen atoms in total. The highest BCUT2D eigenvalue weighted by Gasteiger charge is 2.29. The Bertz CT molecular complexity index is 951. The van der Waals surface area contributed by atoms with Crippen LogP contribution in [0.4, 0.5) is 0 Å². The van der Waals surface area contributed by atoms with E-state index in [9.17, 15) is 14.4 Å². The second kappa shape index (κ2) is 8.09. The number of hydrogen-bond donors (Lipinski definition) is 2. The summed E-state index contributed by atoms with van der Waals surface area (Å²) in [6, 6.07) is 16.5. The van der Waals surface area contributed by atoms with Crippen molar-refractivity contribution >= 4 is 17.7 Å². The molecule has 2 N–H and O–H groups in total. The molecule has 0 aliphatic rings. The van der Waals surface area contributed by atoms with Crippen LogP contribution in [0.15, 0.2) is 71.4 Å². The van der Waals surface area contributed by atoms with Crippen LogP contribution in [0.1, 0.15) is 15.9 Å². The van der Waals surface area contributed by atoms with E-state index in [1.54, 1.807) is 54.6 Å². The summed E-state index contributed by atoms with van der Waals surface area (Å²) in [6.07, 6.45) is 1.30. The third-order valence-electron chi connectivity index (χ3n) is 3.97. The lowest BCUT2D eigenvalue weighted by Crippen LogP contribution is -2.45. The first kappa shape index (κ1) is 18.1. The molecule has 7 heteroatoms. The molecule has 0 bridgehead atoms.